The van der Waals surface area contributed by atoms with Crippen molar-refractivity contribution in [3.8, 4) is 11.5 Å². The Balaban J connectivity index is 1.76. The Bertz CT molecular complexity index is 1200. The molecule has 0 saturated carbocycles. The Morgan fingerprint density at radius 2 is 1.48 bits per heavy atom. The molecule has 0 spiro atoms. The predicted octanol–water partition coefficient (Wildman–Crippen LogP) is 5.78. The van der Waals surface area contributed by atoms with Crippen molar-refractivity contribution in [2.24, 2.45) is 0 Å². The highest BCUT2D eigenvalue weighted by molar-refractivity contribution is 7.99. The van der Waals surface area contributed by atoms with Gasteiger partial charge in [0, 0.05) is 11.3 Å². The summed E-state index contributed by atoms with van der Waals surface area (Å²) in [4.78, 5) is 4.59. The fourth-order valence-corrected chi connectivity index (χ4v) is 5.31. The summed E-state index contributed by atoms with van der Waals surface area (Å²) in [5, 5.41) is 0.258. The summed E-state index contributed by atoms with van der Waals surface area (Å²) < 4.78 is 32.4. The fourth-order valence-electron chi connectivity index (χ4n) is 2.81. The largest absolute Gasteiger partial charge is 0.428 e. The third-order valence-corrected chi connectivity index (χ3v) is 7.21. The van der Waals surface area contributed by atoms with Crippen molar-refractivity contribution in [2.45, 2.75) is 27.7 Å². The molecule has 1 heterocycles. The molecule has 0 unspecified atom stereocenters. The van der Waals surface area contributed by atoms with E-state index >= 15 is 0 Å². The van der Waals surface area contributed by atoms with E-state index in [2.05, 4.69) is 4.98 Å². The van der Waals surface area contributed by atoms with Crippen molar-refractivity contribution in [1.82, 2.24) is 4.98 Å². The highest BCUT2D eigenvalue weighted by Gasteiger charge is 2.28. The zero-order valence-corrected chi connectivity index (χ0v) is 17.4. The summed E-state index contributed by atoms with van der Waals surface area (Å²) in [6.07, 6.45) is 0. The number of hydrogen-bond acceptors (Lipinski definition) is 5. The molecular formula is C23H19NO3S2. The molecule has 4 rings (SSSR count). The van der Waals surface area contributed by atoms with Gasteiger partial charge in [0.1, 0.15) is 0 Å². The molecule has 0 N–H and O–H groups in total. The van der Waals surface area contributed by atoms with Crippen LogP contribution in [0.5, 0.6) is 0 Å². The SMILES string of the molecule is Cc1ccc(-c2nc(S(=O)(=O)c3ccccc3)c(SCc3ccccc3)o2)cc1. The highest BCUT2D eigenvalue weighted by Crippen LogP contribution is 2.36. The number of sulfone groups is 1. The third kappa shape index (κ3) is 4.28. The Kier molecular flexibility index (Phi) is 5.56. The zero-order valence-electron chi connectivity index (χ0n) is 15.8. The van der Waals surface area contributed by atoms with E-state index in [1.165, 1.54) is 11.8 Å². The van der Waals surface area contributed by atoms with E-state index in [9.17, 15) is 8.42 Å². The molecule has 4 nitrogen and oxygen atoms in total. The van der Waals surface area contributed by atoms with E-state index in [1.807, 2.05) is 61.5 Å². The number of aromatic nitrogens is 1. The van der Waals surface area contributed by atoms with Crippen LogP contribution in [0.2, 0.25) is 0 Å². The number of benzene rings is 3. The molecule has 146 valence electrons. The first-order valence-corrected chi connectivity index (χ1v) is 11.6. The van der Waals surface area contributed by atoms with Gasteiger partial charge in [-0.05, 0) is 36.8 Å². The Morgan fingerprint density at radius 1 is 0.862 bits per heavy atom. The normalized spacial score (nSPS) is 11.5. The summed E-state index contributed by atoms with van der Waals surface area (Å²) in [6.45, 7) is 1.99. The molecule has 0 radical (unpaired) electrons. The average Bonchev–Trinajstić information content (AvgIpc) is 3.19. The maximum atomic E-state index is 13.2. The van der Waals surface area contributed by atoms with Crippen LogP contribution < -0.4 is 0 Å². The first kappa shape index (κ1) is 19.5. The monoisotopic (exact) mass is 421 g/mol. The summed E-state index contributed by atoms with van der Waals surface area (Å²) in [5.74, 6) is 0.885. The molecule has 0 fully saturated rings. The predicted molar refractivity (Wildman–Crippen MR) is 115 cm³/mol. The molecule has 4 aromatic rings. The molecule has 0 bridgehead atoms. The second-order valence-electron chi connectivity index (χ2n) is 6.57. The number of aryl methyl sites for hydroxylation is 1. The van der Waals surface area contributed by atoms with E-state index in [4.69, 9.17) is 4.42 Å². The second-order valence-corrected chi connectivity index (χ2v) is 9.38. The van der Waals surface area contributed by atoms with Gasteiger partial charge in [-0.3, -0.25) is 0 Å². The zero-order chi connectivity index (χ0) is 20.3. The minimum atomic E-state index is -3.80. The number of thioether (sulfide) groups is 1. The van der Waals surface area contributed by atoms with Gasteiger partial charge in [-0.25, -0.2) is 8.42 Å². The number of nitrogens with zero attached hydrogens (tertiary/aromatic N) is 1. The van der Waals surface area contributed by atoms with E-state index in [-0.39, 0.29) is 9.92 Å². The second kappa shape index (κ2) is 8.27. The van der Waals surface area contributed by atoms with E-state index in [0.29, 0.717) is 16.7 Å². The van der Waals surface area contributed by atoms with Gasteiger partial charge in [0.25, 0.3) is 0 Å². The summed E-state index contributed by atoms with van der Waals surface area (Å²) in [6, 6.07) is 25.8. The summed E-state index contributed by atoms with van der Waals surface area (Å²) in [7, 11) is -3.80. The van der Waals surface area contributed by atoms with Crippen LogP contribution >= 0.6 is 11.8 Å². The molecule has 1 aromatic heterocycles. The molecule has 0 aliphatic heterocycles. The molecule has 0 saturated heterocycles. The smallest absolute Gasteiger partial charge is 0.228 e. The van der Waals surface area contributed by atoms with Crippen molar-refractivity contribution in [3.05, 3.63) is 96.1 Å². The molecule has 3 aromatic carbocycles. The highest BCUT2D eigenvalue weighted by atomic mass is 32.2. The van der Waals surface area contributed by atoms with Gasteiger partial charge in [0.2, 0.25) is 25.8 Å². The lowest BCUT2D eigenvalue weighted by Crippen LogP contribution is -2.03. The molecule has 0 amide bonds. The standard InChI is InChI=1S/C23H19NO3S2/c1-17-12-14-19(15-13-17)21-24-22(29(25,26)20-10-6-3-7-11-20)23(27-21)28-16-18-8-4-2-5-9-18/h2-15H,16H2,1H3. The molecular weight excluding hydrogens is 402 g/mol. The van der Waals surface area contributed by atoms with Crippen LogP contribution in [0.1, 0.15) is 11.1 Å². The van der Waals surface area contributed by atoms with Gasteiger partial charge in [0.15, 0.2) is 0 Å². The van der Waals surface area contributed by atoms with Crippen LogP contribution in [0.25, 0.3) is 11.5 Å². The third-order valence-electron chi connectivity index (χ3n) is 4.39. The minimum Gasteiger partial charge on any atom is -0.428 e. The van der Waals surface area contributed by atoms with Gasteiger partial charge < -0.3 is 4.42 Å². The van der Waals surface area contributed by atoms with Crippen molar-refractivity contribution in [1.29, 1.82) is 0 Å². The lowest BCUT2D eigenvalue weighted by Gasteiger charge is -2.03. The first-order chi connectivity index (χ1) is 14.0. The van der Waals surface area contributed by atoms with Gasteiger partial charge in [-0.15, -0.1) is 0 Å². The number of rotatable bonds is 6. The lowest BCUT2D eigenvalue weighted by atomic mass is 10.1. The van der Waals surface area contributed by atoms with Crippen molar-refractivity contribution in [2.75, 3.05) is 0 Å². The van der Waals surface area contributed by atoms with Gasteiger partial charge in [-0.1, -0.05) is 78.0 Å². The number of hydrogen-bond donors (Lipinski definition) is 0. The molecule has 0 aliphatic carbocycles. The van der Waals surface area contributed by atoms with E-state index in [0.717, 1.165) is 16.7 Å². The van der Waals surface area contributed by atoms with Crippen LogP contribution in [0.4, 0.5) is 0 Å². The van der Waals surface area contributed by atoms with Crippen LogP contribution in [-0.4, -0.2) is 13.4 Å². The topological polar surface area (TPSA) is 60.2 Å². The van der Waals surface area contributed by atoms with Crippen molar-refractivity contribution >= 4 is 21.6 Å². The molecule has 0 aliphatic rings. The quantitative estimate of drug-likeness (QED) is 0.370. The van der Waals surface area contributed by atoms with Gasteiger partial charge >= 0.3 is 0 Å². The first-order valence-electron chi connectivity index (χ1n) is 9.09. The summed E-state index contributed by atoms with van der Waals surface area (Å²) in [5.41, 5.74) is 2.93. The van der Waals surface area contributed by atoms with Crippen LogP contribution in [-0.2, 0) is 15.6 Å². The maximum absolute atomic E-state index is 13.2. The van der Waals surface area contributed by atoms with Crippen LogP contribution in [0, 0.1) is 6.92 Å². The fraction of sp³-hybridized carbons (Fsp3) is 0.0870. The van der Waals surface area contributed by atoms with Crippen LogP contribution in [0.3, 0.4) is 0 Å². The Labute approximate surface area is 174 Å². The van der Waals surface area contributed by atoms with Crippen molar-refractivity contribution < 1.29 is 12.8 Å². The maximum Gasteiger partial charge on any atom is 0.228 e. The Morgan fingerprint density at radius 3 is 2.14 bits per heavy atom. The Hall–Kier alpha value is -2.83. The minimum absolute atomic E-state index is 0.0415. The molecule has 29 heavy (non-hydrogen) atoms. The van der Waals surface area contributed by atoms with Crippen molar-refractivity contribution in [3.63, 3.8) is 0 Å². The summed E-state index contributed by atoms with van der Waals surface area (Å²) >= 11 is 1.33. The van der Waals surface area contributed by atoms with Gasteiger partial charge in [0.05, 0.1) is 4.90 Å². The van der Waals surface area contributed by atoms with Crippen LogP contribution in [0.15, 0.2) is 104 Å². The van der Waals surface area contributed by atoms with Gasteiger partial charge in [-0.2, -0.15) is 4.98 Å². The average molecular weight is 422 g/mol. The van der Waals surface area contributed by atoms with E-state index < -0.39 is 9.84 Å². The van der Waals surface area contributed by atoms with E-state index in [1.54, 1.807) is 30.3 Å². The molecule has 6 heteroatoms. The molecule has 0 atom stereocenters. The lowest BCUT2D eigenvalue weighted by molar-refractivity contribution is 0.470. The number of oxazole rings is 1.